The van der Waals surface area contributed by atoms with Crippen LogP contribution >= 0.6 is 0 Å². The summed E-state index contributed by atoms with van der Waals surface area (Å²) in [5.41, 5.74) is 2.44. The highest BCUT2D eigenvalue weighted by Crippen LogP contribution is 2.09. The second kappa shape index (κ2) is 9.61. The van der Waals surface area contributed by atoms with E-state index in [0.717, 1.165) is 6.54 Å². The Morgan fingerprint density at radius 1 is 0.913 bits per heavy atom. The van der Waals surface area contributed by atoms with Crippen molar-refractivity contribution in [3.63, 3.8) is 0 Å². The maximum Gasteiger partial charge on any atom is 1.00 e. The molecule has 2 aromatic carbocycles. The molecular weight excluding hydrogens is 305 g/mol. The van der Waals surface area contributed by atoms with Crippen LogP contribution < -0.4 is 0 Å². The number of hydrogen-bond donors (Lipinski definition) is 0. The van der Waals surface area contributed by atoms with Gasteiger partial charge in [-0.2, -0.15) is 4.58 Å². The van der Waals surface area contributed by atoms with Crippen molar-refractivity contribution in [1.29, 1.82) is 0 Å². The molecule has 0 N–H and O–H groups in total. The van der Waals surface area contributed by atoms with E-state index in [0.29, 0.717) is 0 Å². The standard InChI is InChI=1S/C17H18N.BF4/c1-2-18(17-13-7-4-8-14-17)15-9-12-16-10-5-3-6-11-16;2-1(3,4)5/h3-15H,2H2,1H3;/q+1;-1/p+1. The van der Waals surface area contributed by atoms with Gasteiger partial charge in [0.1, 0.15) is 6.54 Å². The van der Waals surface area contributed by atoms with Crippen LogP contribution in [-0.4, -0.2) is 24.6 Å². The van der Waals surface area contributed by atoms with Gasteiger partial charge in [-0.3, -0.25) is 0 Å². The molecule has 1 nitrogen and oxygen atoms in total. The molecule has 0 aromatic heterocycles. The van der Waals surface area contributed by atoms with Crippen molar-refractivity contribution >= 4 is 25.2 Å². The molecule has 0 bridgehead atoms. The highest BCUT2D eigenvalue weighted by Gasteiger charge is 2.20. The first-order valence-electron chi connectivity index (χ1n) is 7.15. The maximum atomic E-state index is 9.75. The van der Waals surface area contributed by atoms with E-state index < -0.39 is 7.25 Å². The van der Waals surface area contributed by atoms with Crippen LogP contribution in [0.5, 0.6) is 0 Å². The first kappa shape index (κ1) is 18.7. The zero-order valence-electron chi connectivity index (χ0n) is 13.7. The Balaban J connectivity index is 0.000000777. The number of para-hydroxylation sites is 1. The predicted octanol–water partition coefficient (Wildman–Crippen LogP) is 5.55. The van der Waals surface area contributed by atoms with E-state index >= 15 is 0 Å². The average Bonchev–Trinajstić information content (AvgIpc) is 2.52. The Labute approximate surface area is 135 Å². The van der Waals surface area contributed by atoms with Crippen molar-refractivity contribution in [1.82, 2.24) is 0 Å². The summed E-state index contributed by atoms with van der Waals surface area (Å²) in [6.07, 6.45) is 6.32. The molecule has 0 atom stereocenters. The minimum atomic E-state index is -6.00. The molecule has 0 aliphatic carbocycles. The molecule has 0 amide bonds. The molecule has 0 unspecified atom stereocenters. The SMILES string of the molecule is CC[N+](=CC=Cc1ccccc1)c1ccccc1.F[B-](F)(F)F.[H+]. The summed E-state index contributed by atoms with van der Waals surface area (Å²) in [6.45, 7) is 3.11. The smallest absolute Gasteiger partial charge is 0.418 e. The Kier molecular flexibility index (Phi) is 7.81. The fraction of sp³-hybridized carbons (Fsp3) is 0.118. The van der Waals surface area contributed by atoms with Crippen LogP contribution in [0.3, 0.4) is 0 Å². The van der Waals surface area contributed by atoms with E-state index in [2.05, 4.69) is 78.4 Å². The third-order valence-electron chi connectivity index (χ3n) is 2.78. The van der Waals surface area contributed by atoms with Crippen molar-refractivity contribution in [2.75, 3.05) is 6.54 Å². The zero-order valence-corrected chi connectivity index (χ0v) is 12.7. The molecule has 2 rings (SSSR count). The van der Waals surface area contributed by atoms with E-state index in [4.69, 9.17) is 0 Å². The predicted molar refractivity (Wildman–Crippen MR) is 89.7 cm³/mol. The molecule has 0 saturated heterocycles. The average molecular weight is 324 g/mol. The monoisotopic (exact) mass is 324 g/mol. The lowest BCUT2D eigenvalue weighted by Crippen LogP contribution is -2.04. The topological polar surface area (TPSA) is 3.01 Å². The highest BCUT2D eigenvalue weighted by atomic mass is 19.5. The number of nitrogens with zero attached hydrogens (tertiary/aromatic N) is 1. The lowest BCUT2D eigenvalue weighted by molar-refractivity contribution is -0.430. The molecule has 6 heteroatoms. The van der Waals surface area contributed by atoms with Gasteiger partial charge < -0.3 is 17.3 Å². The van der Waals surface area contributed by atoms with E-state index in [1.165, 1.54) is 11.3 Å². The first-order valence-corrected chi connectivity index (χ1v) is 7.15. The third kappa shape index (κ3) is 9.29. The second-order valence-electron chi connectivity index (χ2n) is 4.54. The quantitative estimate of drug-likeness (QED) is 0.300. The minimum absolute atomic E-state index is 0. The van der Waals surface area contributed by atoms with Crippen LogP contribution in [0.15, 0.2) is 66.7 Å². The molecule has 0 radical (unpaired) electrons. The number of allylic oxidation sites excluding steroid dienone is 1. The molecule has 2 aromatic rings. The number of benzene rings is 2. The molecule has 0 heterocycles. The fourth-order valence-corrected chi connectivity index (χ4v) is 1.82. The summed E-state index contributed by atoms with van der Waals surface area (Å²) >= 11 is 0. The molecule has 23 heavy (non-hydrogen) atoms. The Bertz CT molecular complexity index is 622. The van der Waals surface area contributed by atoms with Crippen molar-refractivity contribution in [2.45, 2.75) is 6.92 Å². The molecule has 122 valence electrons. The fourth-order valence-electron chi connectivity index (χ4n) is 1.82. The number of rotatable bonds is 4. The normalized spacial score (nSPS) is 12.0. The Morgan fingerprint density at radius 2 is 1.39 bits per heavy atom. The van der Waals surface area contributed by atoms with Gasteiger partial charge in [0.15, 0.2) is 6.21 Å². The van der Waals surface area contributed by atoms with Crippen LogP contribution in [-0.2, 0) is 0 Å². The second-order valence-corrected chi connectivity index (χ2v) is 4.54. The summed E-state index contributed by atoms with van der Waals surface area (Å²) < 4.78 is 41.2. The summed E-state index contributed by atoms with van der Waals surface area (Å²) in [6, 6.07) is 20.7. The van der Waals surface area contributed by atoms with Crippen LogP contribution in [0.1, 0.15) is 13.9 Å². The Morgan fingerprint density at radius 3 is 1.87 bits per heavy atom. The maximum absolute atomic E-state index is 9.75. The van der Waals surface area contributed by atoms with Gasteiger partial charge in [0.25, 0.3) is 0 Å². The van der Waals surface area contributed by atoms with E-state index in [-0.39, 0.29) is 1.43 Å². The van der Waals surface area contributed by atoms with Crippen LogP contribution in [0.4, 0.5) is 23.0 Å². The van der Waals surface area contributed by atoms with Gasteiger partial charge in [-0.1, -0.05) is 48.5 Å². The molecule has 0 fully saturated rings. The lowest BCUT2D eigenvalue weighted by atomic mass is 10.2. The molecule has 0 spiro atoms. The molecule has 0 aliphatic heterocycles. The van der Waals surface area contributed by atoms with Crippen LogP contribution in [0.2, 0.25) is 0 Å². The van der Waals surface area contributed by atoms with E-state index in [1.807, 2.05) is 12.1 Å². The van der Waals surface area contributed by atoms with Crippen LogP contribution in [0.25, 0.3) is 6.08 Å². The lowest BCUT2D eigenvalue weighted by Gasteiger charge is -1.97. The minimum Gasteiger partial charge on any atom is -0.418 e. The summed E-state index contributed by atoms with van der Waals surface area (Å²) in [7, 11) is -6.00. The summed E-state index contributed by atoms with van der Waals surface area (Å²) in [4.78, 5) is 0. The third-order valence-corrected chi connectivity index (χ3v) is 2.78. The summed E-state index contributed by atoms with van der Waals surface area (Å²) in [5, 5.41) is 0. The largest absolute Gasteiger partial charge is 1.00 e. The van der Waals surface area contributed by atoms with Crippen LogP contribution in [0, 0.1) is 0 Å². The summed E-state index contributed by atoms with van der Waals surface area (Å²) in [5.74, 6) is 0. The molecular formula is C17H19BF4N+. The van der Waals surface area contributed by atoms with E-state index in [1.54, 1.807) is 0 Å². The van der Waals surface area contributed by atoms with Gasteiger partial charge in [-0.25, -0.2) is 0 Å². The first-order chi connectivity index (χ1) is 10.9. The van der Waals surface area contributed by atoms with Gasteiger partial charge in [-0.15, -0.1) is 0 Å². The van der Waals surface area contributed by atoms with Crippen molar-refractivity contribution in [3.05, 3.63) is 72.3 Å². The van der Waals surface area contributed by atoms with Crippen molar-refractivity contribution < 1.29 is 23.3 Å². The Hall–Kier alpha value is -2.37. The van der Waals surface area contributed by atoms with Crippen molar-refractivity contribution in [3.8, 4) is 0 Å². The van der Waals surface area contributed by atoms with E-state index in [9.17, 15) is 17.3 Å². The van der Waals surface area contributed by atoms with Gasteiger partial charge in [0.05, 0.1) is 0 Å². The molecule has 0 aliphatic rings. The number of halogens is 4. The van der Waals surface area contributed by atoms with Gasteiger partial charge in [-0.05, 0) is 18.6 Å². The number of hydrogen-bond acceptors (Lipinski definition) is 0. The van der Waals surface area contributed by atoms with Crippen molar-refractivity contribution in [2.24, 2.45) is 0 Å². The van der Waals surface area contributed by atoms with Gasteiger partial charge >= 0.3 is 8.68 Å². The zero-order chi connectivity index (χ0) is 17.1. The van der Waals surface area contributed by atoms with Gasteiger partial charge in [0.2, 0.25) is 5.69 Å². The van der Waals surface area contributed by atoms with Gasteiger partial charge in [0, 0.05) is 18.2 Å². The molecule has 0 saturated carbocycles. The highest BCUT2D eigenvalue weighted by molar-refractivity contribution is 6.50.